The number of methoxy groups -OCH3 is 1. The minimum atomic E-state index is -0.147. The van der Waals surface area contributed by atoms with Crippen LogP contribution in [0, 0.1) is 5.92 Å². The van der Waals surface area contributed by atoms with E-state index in [1.807, 2.05) is 29.2 Å². The molecule has 6 nitrogen and oxygen atoms in total. The monoisotopic (exact) mass is 346 g/mol. The molecule has 1 atom stereocenters. The Morgan fingerprint density at radius 3 is 2.76 bits per heavy atom. The maximum atomic E-state index is 12.6. The molecule has 0 N–H and O–H groups in total. The predicted octanol–water partition coefficient (Wildman–Crippen LogP) is 2.03. The van der Waals surface area contributed by atoms with Crippen LogP contribution in [-0.2, 0) is 20.8 Å². The largest absolute Gasteiger partial charge is 0.497 e. The summed E-state index contributed by atoms with van der Waals surface area (Å²) in [6.07, 6.45) is 3.82. The summed E-state index contributed by atoms with van der Waals surface area (Å²) in [4.78, 5) is 32.1. The van der Waals surface area contributed by atoms with E-state index >= 15 is 0 Å². The molecule has 136 valence electrons. The number of carbonyl (C=O) groups is 2. The molecular formula is C19H26N2O4. The molecule has 2 aliphatic heterocycles. The van der Waals surface area contributed by atoms with Crippen molar-refractivity contribution in [3.05, 3.63) is 29.8 Å². The summed E-state index contributed by atoms with van der Waals surface area (Å²) in [7, 11) is 1.64. The first-order valence-electron chi connectivity index (χ1n) is 9.02. The van der Waals surface area contributed by atoms with Crippen molar-refractivity contribution in [2.75, 3.05) is 33.4 Å². The molecule has 0 aromatic heterocycles. The lowest BCUT2D eigenvalue weighted by Crippen LogP contribution is -2.48. The number of rotatable bonds is 5. The topological polar surface area (TPSA) is 59.1 Å². The Morgan fingerprint density at radius 1 is 1.28 bits per heavy atom. The van der Waals surface area contributed by atoms with Crippen LogP contribution in [0.3, 0.4) is 0 Å². The van der Waals surface area contributed by atoms with E-state index < -0.39 is 0 Å². The molecule has 1 aromatic rings. The Labute approximate surface area is 148 Å². The Hall–Kier alpha value is -2.08. The fourth-order valence-corrected chi connectivity index (χ4v) is 3.36. The lowest BCUT2D eigenvalue weighted by Gasteiger charge is -2.35. The van der Waals surface area contributed by atoms with Crippen LogP contribution in [0.2, 0.25) is 0 Å². The third-order valence-electron chi connectivity index (χ3n) is 4.93. The van der Waals surface area contributed by atoms with Gasteiger partial charge in [-0.25, -0.2) is 5.06 Å². The molecule has 0 bridgehead atoms. The Bertz CT molecular complexity index is 596. The van der Waals surface area contributed by atoms with Gasteiger partial charge in [-0.3, -0.25) is 14.4 Å². The Morgan fingerprint density at radius 2 is 2.08 bits per heavy atom. The number of likely N-dealkylation sites (tertiary alicyclic amines) is 1. The summed E-state index contributed by atoms with van der Waals surface area (Å²) < 4.78 is 5.16. The summed E-state index contributed by atoms with van der Waals surface area (Å²) in [6.45, 7) is 2.40. The molecule has 0 saturated carbocycles. The highest BCUT2D eigenvalue weighted by atomic mass is 16.7. The van der Waals surface area contributed by atoms with Crippen LogP contribution < -0.4 is 4.74 Å². The van der Waals surface area contributed by atoms with E-state index in [1.54, 1.807) is 7.11 Å². The molecule has 2 amide bonds. The van der Waals surface area contributed by atoms with Crippen molar-refractivity contribution in [3.8, 4) is 5.75 Å². The van der Waals surface area contributed by atoms with Gasteiger partial charge in [-0.1, -0.05) is 12.1 Å². The molecule has 0 radical (unpaired) electrons. The third kappa shape index (κ3) is 4.51. The third-order valence-corrected chi connectivity index (χ3v) is 4.93. The number of nitrogens with zero attached hydrogens (tertiary/aromatic N) is 2. The van der Waals surface area contributed by atoms with Crippen LogP contribution in [0.25, 0.3) is 0 Å². The van der Waals surface area contributed by atoms with Crippen molar-refractivity contribution in [3.63, 3.8) is 0 Å². The van der Waals surface area contributed by atoms with Gasteiger partial charge in [-0.2, -0.15) is 0 Å². The minimum Gasteiger partial charge on any atom is -0.497 e. The summed E-state index contributed by atoms with van der Waals surface area (Å²) >= 11 is 0. The number of piperidine rings is 1. The van der Waals surface area contributed by atoms with Crippen LogP contribution in [0.1, 0.15) is 31.2 Å². The number of carbonyl (C=O) groups excluding carboxylic acids is 2. The number of hydrogen-bond acceptors (Lipinski definition) is 4. The first-order valence-corrected chi connectivity index (χ1v) is 9.02. The lowest BCUT2D eigenvalue weighted by atomic mass is 9.96. The standard InChI is InChI=1S/C19H26N2O4/c1-24-17-7-4-15(5-8-17)10-12-20-14-16(6-9-18(20)22)19(23)21-11-2-3-13-25-21/h4-5,7-8,16H,2-3,6,9-14H2,1H3. The number of hydrogen-bond donors (Lipinski definition) is 0. The highest BCUT2D eigenvalue weighted by Gasteiger charge is 2.33. The second-order valence-corrected chi connectivity index (χ2v) is 6.65. The van der Waals surface area contributed by atoms with E-state index in [1.165, 1.54) is 5.06 Å². The number of hydroxylamine groups is 2. The smallest absolute Gasteiger partial charge is 0.251 e. The quantitative estimate of drug-likeness (QED) is 0.819. The van der Waals surface area contributed by atoms with Crippen molar-refractivity contribution in [2.45, 2.75) is 32.1 Å². The SMILES string of the molecule is COc1ccc(CCN2CC(C(=O)N3CCCCO3)CCC2=O)cc1. The first kappa shape index (κ1) is 17.7. The van der Waals surface area contributed by atoms with Crippen LogP contribution in [0.4, 0.5) is 0 Å². The van der Waals surface area contributed by atoms with Gasteiger partial charge >= 0.3 is 0 Å². The summed E-state index contributed by atoms with van der Waals surface area (Å²) in [6, 6.07) is 7.87. The van der Waals surface area contributed by atoms with E-state index in [0.717, 1.165) is 30.6 Å². The van der Waals surface area contributed by atoms with Crippen LogP contribution in [0.5, 0.6) is 5.75 Å². The molecule has 2 saturated heterocycles. The van der Waals surface area contributed by atoms with Gasteiger partial charge in [0, 0.05) is 26.1 Å². The second-order valence-electron chi connectivity index (χ2n) is 6.65. The summed E-state index contributed by atoms with van der Waals surface area (Å²) in [5, 5.41) is 1.51. The molecule has 2 fully saturated rings. The van der Waals surface area contributed by atoms with Gasteiger partial charge in [0.2, 0.25) is 5.91 Å². The van der Waals surface area contributed by atoms with Gasteiger partial charge in [0.25, 0.3) is 5.91 Å². The molecule has 25 heavy (non-hydrogen) atoms. The summed E-state index contributed by atoms with van der Waals surface area (Å²) in [5.41, 5.74) is 1.15. The van der Waals surface area contributed by atoms with Crippen molar-refractivity contribution < 1.29 is 19.2 Å². The Kier molecular flexibility index (Phi) is 5.91. The predicted molar refractivity (Wildman–Crippen MR) is 92.9 cm³/mol. The van der Waals surface area contributed by atoms with Crippen molar-refractivity contribution in [2.24, 2.45) is 5.92 Å². The van der Waals surface area contributed by atoms with Gasteiger partial charge in [-0.05, 0) is 43.4 Å². The zero-order valence-corrected chi connectivity index (χ0v) is 14.8. The van der Waals surface area contributed by atoms with Crippen LogP contribution in [-0.4, -0.2) is 55.1 Å². The first-order chi connectivity index (χ1) is 12.2. The molecule has 6 heteroatoms. The van der Waals surface area contributed by atoms with E-state index in [4.69, 9.17) is 9.57 Å². The van der Waals surface area contributed by atoms with Crippen LogP contribution >= 0.6 is 0 Å². The summed E-state index contributed by atoms with van der Waals surface area (Å²) in [5.74, 6) is 0.843. The van der Waals surface area contributed by atoms with Crippen LogP contribution in [0.15, 0.2) is 24.3 Å². The molecule has 0 spiro atoms. The normalized spacial score (nSPS) is 21.3. The zero-order valence-electron chi connectivity index (χ0n) is 14.8. The minimum absolute atomic E-state index is 0.0293. The van der Waals surface area contributed by atoms with Crippen molar-refractivity contribution >= 4 is 11.8 Å². The maximum Gasteiger partial charge on any atom is 0.251 e. The average molecular weight is 346 g/mol. The molecule has 0 aliphatic carbocycles. The fraction of sp³-hybridized carbons (Fsp3) is 0.579. The van der Waals surface area contributed by atoms with Gasteiger partial charge in [-0.15, -0.1) is 0 Å². The van der Waals surface area contributed by atoms with Gasteiger partial charge in [0.1, 0.15) is 5.75 Å². The molecule has 2 aliphatic rings. The van der Waals surface area contributed by atoms with Crippen molar-refractivity contribution in [1.29, 1.82) is 0 Å². The highest BCUT2D eigenvalue weighted by molar-refractivity contribution is 5.83. The zero-order chi connectivity index (χ0) is 17.6. The van der Waals surface area contributed by atoms with E-state index in [0.29, 0.717) is 39.1 Å². The number of ether oxygens (including phenoxy) is 1. The second kappa shape index (κ2) is 8.34. The van der Waals surface area contributed by atoms with E-state index in [9.17, 15) is 9.59 Å². The lowest BCUT2D eigenvalue weighted by molar-refractivity contribution is -0.202. The maximum absolute atomic E-state index is 12.6. The fourth-order valence-electron chi connectivity index (χ4n) is 3.36. The van der Waals surface area contributed by atoms with Gasteiger partial charge < -0.3 is 9.64 Å². The van der Waals surface area contributed by atoms with Crippen molar-refractivity contribution in [1.82, 2.24) is 9.96 Å². The van der Waals surface area contributed by atoms with E-state index in [-0.39, 0.29) is 17.7 Å². The number of benzene rings is 1. The molecule has 2 heterocycles. The van der Waals surface area contributed by atoms with E-state index in [2.05, 4.69) is 0 Å². The molecule has 1 unspecified atom stereocenters. The van der Waals surface area contributed by atoms with Gasteiger partial charge in [0.05, 0.1) is 19.6 Å². The molecular weight excluding hydrogens is 320 g/mol. The average Bonchev–Trinajstić information content (AvgIpc) is 2.68. The number of amides is 2. The molecule has 1 aromatic carbocycles. The molecule has 3 rings (SSSR count). The van der Waals surface area contributed by atoms with Gasteiger partial charge in [0.15, 0.2) is 0 Å². The Balaban J connectivity index is 1.54. The highest BCUT2D eigenvalue weighted by Crippen LogP contribution is 2.22.